The molecule has 4 rings (SSSR count). The lowest BCUT2D eigenvalue weighted by Crippen LogP contribution is -2.50. The third-order valence-electron chi connectivity index (χ3n) is 5.29. The topological polar surface area (TPSA) is 81.3 Å². The Balaban J connectivity index is 1.38. The molecule has 1 aromatic heterocycles. The van der Waals surface area contributed by atoms with Gasteiger partial charge in [-0.15, -0.1) is 0 Å². The summed E-state index contributed by atoms with van der Waals surface area (Å²) < 4.78 is 0. The number of para-hydroxylation sites is 1. The van der Waals surface area contributed by atoms with Crippen LogP contribution in [0, 0.1) is 0 Å². The van der Waals surface area contributed by atoms with Gasteiger partial charge in [-0.3, -0.25) is 19.4 Å². The zero-order valence-electron chi connectivity index (χ0n) is 15.1. The molecule has 1 amide bonds. The Bertz CT molecular complexity index is 852. The molecule has 2 heterocycles. The van der Waals surface area contributed by atoms with E-state index in [1.165, 1.54) is 0 Å². The quantitative estimate of drug-likeness (QED) is 0.832. The number of nitrogens with zero attached hydrogens (tertiary/aromatic N) is 3. The predicted octanol–water partition coefficient (Wildman–Crippen LogP) is 0.880. The molecule has 1 aliphatic carbocycles. The van der Waals surface area contributed by atoms with E-state index in [0.717, 1.165) is 44.5 Å². The standard InChI is InChI=1S/C19H25N5O2/c1-13(18-21-16-5-3-2-4-15(16)19(26)22-18)24-10-8-23(9-11-24)12-17(25)20-14-6-7-14/h2-5,13-14H,6-12H2,1H3,(H,20,25)(H,21,22,26)/t13-/m1/s1. The normalized spacial score (nSPS) is 20.2. The molecule has 1 aromatic carbocycles. The highest BCUT2D eigenvalue weighted by atomic mass is 16.2. The Morgan fingerprint density at radius 1 is 1.27 bits per heavy atom. The molecule has 0 spiro atoms. The van der Waals surface area contributed by atoms with Gasteiger partial charge in [0.2, 0.25) is 5.91 Å². The molecule has 2 N–H and O–H groups in total. The van der Waals surface area contributed by atoms with Gasteiger partial charge in [0.15, 0.2) is 0 Å². The van der Waals surface area contributed by atoms with Crippen molar-refractivity contribution in [1.29, 1.82) is 0 Å². The van der Waals surface area contributed by atoms with E-state index in [4.69, 9.17) is 0 Å². The van der Waals surface area contributed by atoms with Crippen LogP contribution < -0.4 is 10.9 Å². The van der Waals surface area contributed by atoms with Gasteiger partial charge in [-0.05, 0) is 31.9 Å². The third kappa shape index (κ3) is 3.78. The zero-order chi connectivity index (χ0) is 18.1. The number of carbonyl (C=O) groups is 1. The van der Waals surface area contributed by atoms with E-state index in [2.05, 4.69) is 32.0 Å². The number of carbonyl (C=O) groups excluding carboxylic acids is 1. The maximum absolute atomic E-state index is 12.3. The summed E-state index contributed by atoms with van der Waals surface area (Å²) >= 11 is 0. The minimum Gasteiger partial charge on any atom is -0.352 e. The van der Waals surface area contributed by atoms with Crippen molar-refractivity contribution in [2.75, 3.05) is 32.7 Å². The van der Waals surface area contributed by atoms with Crippen molar-refractivity contribution in [2.45, 2.75) is 31.8 Å². The summed E-state index contributed by atoms with van der Waals surface area (Å²) in [5.41, 5.74) is 0.640. The molecule has 7 nitrogen and oxygen atoms in total. The fourth-order valence-electron chi connectivity index (χ4n) is 3.49. The minimum atomic E-state index is -0.0900. The van der Waals surface area contributed by atoms with E-state index < -0.39 is 0 Å². The number of benzene rings is 1. The van der Waals surface area contributed by atoms with Gasteiger partial charge in [0.1, 0.15) is 5.82 Å². The molecule has 2 aliphatic rings. The van der Waals surface area contributed by atoms with Crippen LogP contribution in [0.5, 0.6) is 0 Å². The lowest BCUT2D eigenvalue weighted by Gasteiger charge is -2.37. The van der Waals surface area contributed by atoms with Crippen LogP contribution in [0.15, 0.2) is 29.1 Å². The molecule has 7 heteroatoms. The van der Waals surface area contributed by atoms with E-state index in [1.54, 1.807) is 6.07 Å². The monoisotopic (exact) mass is 355 g/mol. The highest BCUT2D eigenvalue weighted by molar-refractivity contribution is 5.78. The second-order valence-electron chi connectivity index (χ2n) is 7.30. The van der Waals surface area contributed by atoms with Gasteiger partial charge in [0, 0.05) is 32.2 Å². The van der Waals surface area contributed by atoms with Crippen molar-refractivity contribution in [3.05, 3.63) is 40.4 Å². The largest absolute Gasteiger partial charge is 0.352 e. The molecular weight excluding hydrogens is 330 g/mol. The Kier molecular flexibility index (Phi) is 4.74. The SMILES string of the molecule is C[C@H](c1nc2ccccc2c(=O)[nH]1)N1CCN(CC(=O)NC2CC2)CC1. The number of piperazine rings is 1. The highest BCUT2D eigenvalue weighted by Crippen LogP contribution is 2.20. The summed E-state index contributed by atoms with van der Waals surface area (Å²) in [5.74, 6) is 0.836. The molecule has 138 valence electrons. The van der Waals surface area contributed by atoms with Gasteiger partial charge in [-0.1, -0.05) is 12.1 Å². The van der Waals surface area contributed by atoms with Crippen LogP contribution in [-0.2, 0) is 4.79 Å². The average Bonchev–Trinajstić information content (AvgIpc) is 3.45. The number of H-pyrrole nitrogens is 1. The molecule has 0 unspecified atom stereocenters. The first kappa shape index (κ1) is 17.2. The summed E-state index contributed by atoms with van der Waals surface area (Å²) in [6.07, 6.45) is 2.24. The van der Waals surface area contributed by atoms with Crippen molar-refractivity contribution in [3.63, 3.8) is 0 Å². The minimum absolute atomic E-state index is 0.0368. The molecule has 2 fully saturated rings. The van der Waals surface area contributed by atoms with Gasteiger partial charge in [0.25, 0.3) is 5.56 Å². The Hall–Kier alpha value is -2.25. The lowest BCUT2D eigenvalue weighted by atomic mass is 10.2. The number of hydrogen-bond donors (Lipinski definition) is 2. The molecule has 2 aromatic rings. The number of aromatic amines is 1. The van der Waals surface area contributed by atoms with Gasteiger partial charge in [-0.2, -0.15) is 0 Å². The van der Waals surface area contributed by atoms with Crippen molar-refractivity contribution in [3.8, 4) is 0 Å². The Morgan fingerprint density at radius 2 is 2.00 bits per heavy atom. The van der Waals surface area contributed by atoms with Gasteiger partial charge in [-0.25, -0.2) is 4.98 Å². The maximum Gasteiger partial charge on any atom is 0.258 e. The summed E-state index contributed by atoms with van der Waals surface area (Å²) in [6, 6.07) is 7.86. The third-order valence-corrected chi connectivity index (χ3v) is 5.29. The molecular formula is C19H25N5O2. The van der Waals surface area contributed by atoms with Crippen molar-refractivity contribution >= 4 is 16.8 Å². The van der Waals surface area contributed by atoms with E-state index in [0.29, 0.717) is 23.8 Å². The molecule has 0 radical (unpaired) electrons. The summed E-state index contributed by atoms with van der Waals surface area (Å²) in [7, 11) is 0. The summed E-state index contributed by atoms with van der Waals surface area (Å²) in [6.45, 7) is 5.95. The van der Waals surface area contributed by atoms with Crippen LogP contribution in [0.25, 0.3) is 10.9 Å². The number of aromatic nitrogens is 2. The van der Waals surface area contributed by atoms with Crippen LogP contribution in [0.3, 0.4) is 0 Å². The van der Waals surface area contributed by atoms with E-state index >= 15 is 0 Å². The molecule has 1 saturated heterocycles. The zero-order valence-corrected chi connectivity index (χ0v) is 15.1. The molecule has 1 saturated carbocycles. The number of fused-ring (bicyclic) bond motifs is 1. The van der Waals surface area contributed by atoms with Gasteiger partial charge in [0.05, 0.1) is 23.5 Å². The van der Waals surface area contributed by atoms with Crippen molar-refractivity contribution in [2.24, 2.45) is 0 Å². The molecule has 26 heavy (non-hydrogen) atoms. The fraction of sp³-hybridized carbons (Fsp3) is 0.526. The predicted molar refractivity (Wildman–Crippen MR) is 100.0 cm³/mol. The van der Waals surface area contributed by atoms with Crippen LogP contribution in [0.2, 0.25) is 0 Å². The van der Waals surface area contributed by atoms with Crippen LogP contribution in [0.4, 0.5) is 0 Å². The van der Waals surface area contributed by atoms with Crippen LogP contribution >= 0.6 is 0 Å². The molecule has 0 bridgehead atoms. The second-order valence-corrected chi connectivity index (χ2v) is 7.30. The van der Waals surface area contributed by atoms with E-state index in [9.17, 15) is 9.59 Å². The van der Waals surface area contributed by atoms with E-state index in [-0.39, 0.29) is 17.5 Å². The fourth-order valence-corrected chi connectivity index (χ4v) is 3.49. The number of rotatable bonds is 5. The molecule has 1 aliphatic heterocycles. The average molecular weight is 355 g/mol. The van der Waals surface area contributed by atoms with Gasteiger partial charge < -0.3 is 10.3 Å². The van der Waals surface area contributed by atoms with E-state index in [1.807, 2.05) is 18.2 Å². The lowest BCUT2D eigenvalue weighted by molar-refractivity contribution is -0.122. The second kappa shape index (κ2) is 7.17. The van der Waals surface area contributed by atoms with Crippen LogP contribution in [0.1, 0.15) is 31.6 Å². The first-order valence-electron chi connectivity index (χ1n) is 9.35. The smallest absolute Gasteiger partial charge is 0.258 e. The Morgan fingerprint density at radius 3 is 2.73 bits per heavy atom. The van der Waals surface area contributed by atoms with Crippen molar-refractivity contribution < 1.29 is 4.79 Å². The summed E-state index contributed by atoms with van der Waals surface area (Å²) in [5, 5.41) is 3.66. The van der Waals surface area contributed by atoms with Crippen molar-refractivity contribution in [1.82, 2.24) is 25.1 Å². The number of nitrogens with one attached hydrogen (secondary N) is 2. The summed E-state index contributed by atoms with van der Waals surface area (Å²) in [4.78, 5) is 36.3. The Labute approximate surface area is 152 Å². The first-order valence-corrected chi connectivity index (χ1v) is 9.35. The number of hydrogen-bond acceptors (Lipinski definition) is 5. The number of amides is 1. The highest BCUT2D eigenvalue weighted by Gasteiger charge is 2.27. The van der Waals surface area contributed by atoms with Crippen LogP contribution in [-0.4, -0.2) is 64.4 Å². The first-order chi connectivity index (χ1) is 12.6. The van der Waals surface area contributed by atoms with Gasteiger partial charge >= 0.3 is 0 Å². The molecule has 1 atom stereocenters. The maximum atomic E-state index is 12.3.